The number of amides is 2. The molecule has 10 heteroatoms. The van der Waals surface area contributed by atoms with Crippen molar-refractivity contribution in [3.63, 3.8) is 0 Å². The molecule has 0 fully saturated rings. The number of nitrogens with one attached hydrogen (secondary N) is 1. The molecule has 0 saturated heterocycles. The molecule has 1 atom stereocenters. The quantitative estimate of drug-likeness (QED) is 0.353. The Kier molecular flexibility index (Phi) is 10.2. The summed E-state index contributed by atoms with van der Waals surface area (Å²) in [5.74, 6) is -0.315. The molecular formula is C30H36ClN3O5S. The molecule has 0 bridgehead atoms. The summed E-state index contributed by atoms with van der Waals surface area (Å²) in [5.41, 5.74) is 1.36. The smallest absolute Gasteiger partial charge is 0.244 e. The molecule has 0 heterocycles. The predicted molar refractivity (Wildman–Crippen MR) is 159 cm³/mol. The minimum Gasteiger partial charge on any atom is -0.497 e. The summed E-state index contributed by atoms with van der Waals surface area (Å²) in [5, 5.41) is 3.54. The average Bonchev–Trinajstić information content (AvgIpc) is 2.89. The molecular weight excluding hydrogens is 550 g/mol. The van der Waals surface area contributed by atoms with Gasteiger partial charge in [-0.05, 0) is 68.3 Å². The Bertz CT molecular complexity index is 1390. The number of benzene rings is 3. The molecule has 3 rings (SSSR count). The highest BCUT2D eigenvalue weighted by Gasteiger charge is 2.34. The summed E-state index contributed by atoms with van der Waals surface area (Å²) in [6.07, 6.45) is 1.28. The van der Waals surface area contributed by atoms with E-state index < -0.39 is 34.1 Å². The molecule has 1 N–H and O–H groups in total. The molecule has 0 unspecified atom stereocenters. The molecule has 0 aliphatic rings. The fourth-order valence-corrected chi connectivity index (χ4v) is 5.13. The second-order valence-corrected chi connectivity index (χ2v) is 12.9. The summed E-state index contributed by atoms with van der Waals surface area (Å²) in [6.45, 7) is 5.18. The maximum atomic E-state index is 14.1. The lowest BCUT2D eigenvalue weighted by Gasteiger charge is -2.35. The lowest BCUT2D eigenvalue weighted by atomic mass is 10.0. The van der Waals surface area contributed by atoms with Crippen LogP contribution in [0.3, 0.4) is 0 Å². The van der Waals surface area contributed by atoms with Gasteiger partial charge in [-0.1, -0.05) is 54.1 Å². The Morgan fingerprint density at radius 1 is 0.925 bits per heavy atom. The number of ether oxygens (including phenoxy) is 1. The molecule has 3 aromatic carbocycles. The van der Waals surface area contributed by atoms with E-state index in [1.54, 1.807) is 48.5 Å². The molecule has 8 nitrogen and oxygen atoms in total. The largest absolute Gasteiger partial charge is 0.497 e. The van der Waals surface area contributed by atoms with Gasteiger partial charge >= 0.3 is 0 Å². The van der Waals surface area contributed by atoms with Gasteiger partial charge in [-0.15, -0.1) is 0 Å². The van der Waals surface area contributed by atoms with Crippen LogP contribution in [0.1, 0.15) is 31.9 Å². The van der Waals surface area contributed by atoms with Gasteiger partial charge in [-0.2, -0.15) is 0 Å². The summed E-state index contributed by atoms with van der Waals surface area (Å²) in [4.78, 5) is 29.2. The minimum absolute atomic E-state index is 0.0747. The molecule has 0 radical (unpaired) electrons. The monoisotopic (exact) mass is 585 g/mol. The molecule has 2 amide bonds. The average molecular weight is 586 g/mol. The van der Waals surface area contributed by atoms with Crippen LogP contribution in [0.25, 0.3) is 0 Å². The van der Waals surface area contributed by atoms with Gasteiger partial charge in [0.2, 0.25) is 21.8 Å². The SMILES string of the molecule is COc1ccc(N(CC(=O)N(Cc2ccc(Cl)cc2)[C@H](Cc2ccccc2)C(=O)NC(C)(C)C)S(C)(=O)=O)cc1. The van der Waals surface area contributed by atoms with Gasteiger partial charge in [-0.3, -0.25) is 13.9 Å². The molecule has 0 aromatic heterocycles. The summed E-state index contributed by atoms with van der Waals surface area (Å²) < 4.78 is 31.9. The number of nitrogens with zero attached hydrogens (tertiary/aromatic N) is 2. The summed E-state index contributed by atoms with van der Waals surface area (Å²) in [7, 11) is -2.34. The van der Waals surface area contributed by atoms with Crippen molar-refractivity contribution in [1.29, 1.82) is 0 Å². The first-order valence-electron chi connectivity index (χ1n) is 12.8. The van der Waals surface area contributed by atoms with Gasteiger partial charge in [-0.25, -0.2) is 8.42 Å². The van der Waals surface area contributed by atoms with Crippen LogP contribution < -0.4 is 14.4 Å². The second-order valence-electron chi connectivity index (χ2n) is 10.6. The van der Waals surface area contributed by atoms with Gasteiger partial charge in [0.05, 0.1) is 19.1 Å². The van der Waals surface area contributed by atoms with Crippen molar-refractivity contribution in [2.45, 2.75) is 45.3 Å². The lowest BCUT2D eigenvalue weighted by Crippen LogP contribution is -2.56. The maximum Gasteiger partial charge on any atom is 0.244 e. The fraction of sp³-hybridized carbons (Fsp3) is 0.333. The zero-order valence-corrected chi connectivity index (χ0v) is 25.0. The Balaban J connectivity index is 2.05. The number of methoxy groups -OCH3 is 1. The normalized spacial score (nSPS) is 12.3. The third-order valence-electron chi connectivity index (χ3n) is 6.08. The van der Waals surface area contributed by atoms with Gasteiger partial charge < -0.3 is 15.0 Å². The highest BCUT2D eigenvalue weighted by atomic mass is 35.5. The lowest BCUT2D eigenvalue weighted by molar-refractivity contribution is -0.140. The topological polar surface area (TPSA) is 96.0 Å². The first-order valence-corrected chi connectivity index (χ1v) is 15.0. The van der Waals surface area contributed by atoms with Gasteiger partial charge in [0.15, 0.2) is 0 Å². The molecule has 3 aromatic rings. The van der Waals surface area contributed by atoms with Gasteiger partial charge in [0, 0.05) is 23.5 Å². The van der Waals surface area contributed by atoms with Crippen LogP contribution in [-0.4, -0.2) is 56.6 Å². The highest BCUT2D eigenvalue weighted by molar-refractivity contribution is 7.92. The standard InChI is InChI=1S/C30H36ClN3O5S/c1-30(2,3)32-29(36)27(19-22-9-7-6-8-10-22)33(20-23-11-13-24(31)14-12-23)28(35)21-34(40(5,37)38)25-15-17-26(39-4)18-16-25/h6-18,27H,19-21H2,1-5H3,(H,32,36)/t27-/m1/s1. The van der Waals surface area contributed by atoms with Crippen molar-refractivity contribution >= 4 is 39.1 Å². The Labute approximate surface area is 241 Å². The zero-order chi connectivity index (χ0) is 29.5. The first kappa shape index (κ1) is 31.0. The third-order valence-corrected chi connectivity index (χ3v) is 7.47. The fourth-order valence-electron chi connectivity index (χ4n) is 4.16. The van der Waals surface area contributed by atoms with Crippen molar-refractivity contribution in [2.75, 3.05) is 24.2 Å². The minimum atomic E-state index is -3.85. The molecule has 40 heavy (non-hydrogen) atoms. The number of carbonyl (C=O) groups excluding carboxylic acids is 2. The van der Waals surface area contributed by atoms with Crippen LogP contribution in [0, 0.1) is 0 Å². The van der Waals surface area contributed by atoms with E-state index in [0.29, 0.717) is 16.5 Å². The Morgan fingerprint density at radius 2 is 1.52 bits per heavy atom. The van der Waals surface area contributed by atoms with Crippen LogP contribution in [0.4, 0.5) is 5.69 Å². The van der Waals surface area contributed by atoms with Crippen molar-refractivity contribution in [3.8, 4) is 5.75 Å². The van der Waals surface area contributed by atoms with E-state index in [0.717, 1.165) is 21.7 Å². The third kappa shape index (κ3) is 8.99. The highest BCUT2D eigenvalue weighted by Crippen LogP contribution is 2.23. The molecule has 214 valence electrons. The molecule has 0 aliphatic heterocycles. The van der Waals surface area contributed by atoms with Crippen LogP contribution in [0.15, 0.2) is 78.9 Å². The van der Waals surface area contributed by atoms with E-state index >= 15 is 0 Å². The number of halogens is 1. The maximum absolute atomic E-state index is 14.1. The van der Waals surface area contributed by atoms with E-state index in [1.807, 2.05) is 51.1 Å². The number of hydrogen-bond donors (Lipinski definition) is 1. The van der Waals surface area contributed by atoms with E-state index in [4.69, 9.17) is 16.3 Å². The predicted octanol–water partition coefficient (Wildman–Crippen LogP) is 4.67. The number of rotatable bonds is 11. The Hall–Kier alpha value is -3.56. The van der Waals surface area contributed by atoms with Gasteiger partial charge in [0.25, 0.3) is 0 Å². The van der Waals surface area contributed by atoms with Crippen molar-refractivity contribution < 1.29 is 22.7 Å². The van der Waals surface area contributed by atoms with Crippen LogP contribution in [0.2, 0.25) is 5.02 Å². The van der Waals surface area contributed by atoms with Crippen molar-refractivity contribution in [1.82, 2.24) is 10.2 Å². The van der Waals surface area contributed by atoms with Crippen LogP contribution in [0.5, 0.6) is 5.75 Å². The molecule has 0 spiro atoms. The van der Waals surface area contributed by atoms with Crippen LogP contribution >= 0.6 is 11.6 Å². The van der Waals surface area contributed by atoms with E-state index in [2.05, 4.69) is 5.32 Å². The number of hydrogen-bond acceptors (Lipinski definition) is 5. The Morgan fingerprint density at radius 3 is 2.05 bits per heavy atom. The van der Waals surface area contributed by atoms with Crippen molar-refractivity contribution in [3.05, 3.63) is 95.0 Å². The van der Waals surface area contributed by atoms with Gasteiger partial charge in [0.1, 0.15) is 18.3 Å². The molecule has 0 saturated carbocycles. The number of sulfonamides is 1. The van der Waals surface area contributed by atoms with E-state index in [-0.39, 0.29) is 18.9 Å². The van der Waals surface area contributed by atoms with Crippen molar-refractivity contribution in [2.24, 2.45) is 0 Å². The van der Waals surface area contributed by atoms with E-state index in [1.165, 1.54) is 12.0 Å². The van der Waals surface area contributed by atoms with Crippen LogP contribution in [-0.2, 0) is 32.6 Å². The summed E-state index contributed by atoms with van der Waals surface area (Å²) in [6, 6.07) is 21.9. The molecule has 0 aliphatic carbocycles. The van der Waals surface area contributed by atoms with E-state index in [9.17, 15) is 18.0 Å². The second kappa shape index (κ2) is 13.2. The number of carbonyl (C=O) groups is 2. The first-order chi connectivity index (χ1) is 18.8. The summed E-state index contributed by atoms with van der Waals surface area (Å²) >= 11 is 6.09. The number of anilines is 1. The zero-order valence-electron chi connectivity index (χ0n) is 23.4.